The zero-order valence-electron chi connectivity index (χ0n) is 18.4. The average Bonchev–Trinajstić information content (AvgIpc) is 2.78. The summed E-state index contributed by atoms with van der Waals surface area (Å²) in [5, 5.41) is 10.8. The van der Waals surface area contributed by atoms with Gasteiger partial charge in [0.05, 0.1) is 45.1 Å². The lowest BCUT2D eigenvalue weighted by molar-refractivity contribution is -0.153. The molecule has 2 rings (SSSR count). The van der Waals surface area contributed by atoms with Crippen molar-refractivity contribution in [3.05, 3.63) is 71.8 Å². The normalized spacial score (nSPS) is 16.3. The molecule has 0 aliphatic heterocycles. The van der Waals surface area contributed by atoms with Crippen LogP contribution in [0.1, 0.15) is 31.9 Å². The Morgan fingerprint density at radius 2 is 1.43 bits per heavy atom. The number of carbonyl (C=O) groups is 1. The van der Waals surface area contributed by atoms with Crippen molar-refractivity contribution < 1.29 is 24.1 Å². The van der Waals surface area contributed by atoms with Gasteiger partial charge in [0.2, 0.25) is 0 Å². The number of rotatable bonds is 12. The molecule has 2 aromatic carbocycles. The first kappa shape index (κ1) is 24.1. The first-order valence-electron chi connectivity index (χ1n) is 10.5. The second kappa shape index (κ2) is 12.5. The Bertz CT molecular complexity index is 734. The van der Waals surface area contributed by atoms with Crippen LogP contribution >= 0.6 is 0 Å². The Hall–Kier alpha value is -2.21. The van der Waals surface area contributed by atoms with Crippen molar-refractivity contribution >= 4 is 5.97 Å². The molecule has 0 aromatic heterocycles. The number of methoxy groups -OCH3 is 1. The number of benzene rings is 2. The molecular formula is C25H34O5. The van der Waals surface area contributed by atoms with E-state index in [1.807, 2.05) is 74.5 Å². The minimum absolute atomic E-state index is 0.0203. The summed E-state index contributed by atoms with van der Waals surface area (Å²) in [6, 6.07) is 19.9. The van der Waals surface area contributed by atoms with Gasteiger partial charge in [-0.15, -0.1) is 0 Å². The molecule has 1 N–H and O–H groups in total. The fourth-order valence-electron chi connectivity index (χ4n) is 3.61. The van der Waals surface area contributed by atoms with E-state index in [1.165, 1.54) is 7.11 Å². The SMILES string of the molecule is COC(=O)[C@@H](C)[C@H](O)[C@H](C)[C@@H](OCc1ccccc1)[C@@H](C)COCc1ccccc1. The number of aliphatic hydroxyl groups excluding tert-OH is 1. The van der Waals surface area contributed by atoms with Gasteiger partial charge < -0.3 is 19.3 Å². The van der Waals surface area contributed by atoms with E-state index in [9.17, 15) is 9.90 Å². The highest BCUT2D eigenvalue weighted by Gasteiger charge is 2.35. The highest BCUT2D eigenvalue weighted by Crippen LogP contribution is 2.26. The third kappa shape index (κ3) is 7.24. The van der Waals surface area contributed by atoms with Gasteiger partial charge in [0.1, 0.15) is 0 Å². The van der Waals surface area contributed by atoms with Crippen LogP contribution in [0.5, 0.6) is 0 Å². The molecule has 0 saturated heterocycles. The van der Waals surface area contributed by atoms with Gasteiger partial charge in [0.25, 0.3) is 0 Å². The van der Waals surface area contributed by atoms with Crippen LogP contribution < -0.4 is 0 Å². The van der Waals surface area contributed by atoms with Crippen LogP contribution in [0.15, 0.2) is 60.7 Å². The second-order valence-electron chi connectivity index (χ2n) is 7.90. The third-order valence-corrected chi connectivity index (χ3v) is 5.48. The Labute approximate surface area is 180 Å². The summed E-state index contributed by atoms with van der Waals surface area (Å²) in [5.41, 5.74) is 2.17. The molecular weight excluding hydrogens is 380 g/mol. The van der Waals surface area contributed by atoms with Crippen LogP contribution in [-0.4, -0.2) is 37.0 Å². The smallest absolute Gasteiger partial charge is 0.311 e. The molecule has 0 fully saturated rings. The van der Waals surface area contributed by atoms with Crippen LogP contribution in [0.4, 0.5) is 0 Å². The van der Waals surface area contributed by atoms with E-state index in [1.54, 1.807) is 6.92 Å². The summed E-state index contributed by atoms with van der Waals surface area (Å²) >= 11 is 0. The van der Waals surface area contributed by atoms with Gasteiger partial charge in [0, 0.05) is 11.8 Å². The maximum Gasteiger partial charge on any atom is 0.311 e. The third-order valence-electron chi connectivity index (χ3n) is 5.48. The first-order chi connectivity index (χ1) is 14.4. The van der Waals surface area contributed by atoms with Gasteiger partial charge in [0.15, 0.2) is 0 Å². The molecule has 0 spiro atoms. The number of ether oxygens (including phenoxy) is 3. The predicted molar refractivity (Wildman–Crippen MR) is 117 cm³/mol. The number of esters is 1. The van der Waals surface area contributed by atoms with Crippen LogP contribution in [0, 0.1) is 17.8 Å². The van der Waals surface area contributed by atoms with E-state index in [4.69, 9.17) is 14.2 Å². The molecule has 30 heavy (non-hydrogen) atoms. The van der Waals surface area contributed by atoms with Gasteiger partial charge in [-0.2, -0.15) is 0 Å². The molecule has 0 radical (unpaired) electrons. The molecule has 0 bridgehead atoms. The molecule has 2 aromatic rings. The largest absolute Gasteiger partial charge is 0.469 e. The number of aliphatic hydroxyl groups is 1. The number of carbonyl (C=O) groups excluding carboxylic acids is 1. The zero-order valence-corrected chi connectivity index (χ0v) is 18.4. The zero-order chi connectivity index (χ0) is 21.9. The Morgan fingerprint density at radius 1 is 0.900 bits per heavy atom. The van der Waals surface area contributed by atoms with Gasteiger partial charge in [-0.1, -0.05) is 74.5 Å². The minimum Gasteiger partial charge on any atom is -0.469 e. The van der Waals surface area contributed by atoms with Crippen molar-refractivity contribution in [2.45, 2.75) is 46.2 Å². The summed E-state index contributed by atoms with van der Waals surface area (Å²) in [6.45, 7) is 7.07. The molecule has 0 amide bonds. The number of hydrogen-bond acceptors (Lipinski definition) is 5. The average molecular weight is 415 g/mol. The molecule has 0 aliphatic carbocycles. The van der Waals surface area contributed by atoms with Gasteiger partial charge in [-0.05, 0) is 18.1 Å². The van der Waals surface area contributed by atoms with E-state index in [0.29, 0.717) is 19.8 Å². The molecule has 0 heterocycles. The molecule has 0 aliphatic rings. The van der Waals surface area contributed by atoms with Crippen LogP contribution in [0.25, 0.3) is 0 Å². The van der Waals surface area contributed by atoms with Crippen molar-refractivity contribution in [2.24, 2.45) is 17.8 Å². The second-order valence-corrected chi connectivity index (χ2v) is 7.90. The van der Waals surface area contributed by atoms with E-state index in [0.717, 1.165) is 11.1 Å². The van der Waals surface area contributed by atoms with Crippen molar-refractivity contribution in [2.75, 3.05) is 13.7 Å². The van der Waals surface area contributed by atoms with Crippen molar-refractivity contribution in [3.63, 3.8) is 0 Å². The van der Waals surface area contributed by atoms with E-state index < -0.39 is 18.0 Å². The maximum absolute atomic E-state index is 11.9. The summed E-state index contributed by atoms with van der Waals surface area (Å²) in [6.07, 6.45) is -1.17. The van der Waals surface area contributed by atoms with Crippen LogP contribution in [0.3, 0.4) is 0 Å². The predicted octanol–water partition coefficient (Wildman–Crippen LogP) is 4.23. The fourth-order valence-corrected chi connectivity index (χ4v) is 3.61. The lowest BCUT2D eigenvalue weighted by Crippen LogP contribution is -2.42. The molecule has 5 atom stereocenters. The van der Waals surface area contributed by atoms with E-state index in [-0.39, 0.29) is 17.9 Å². The Balaban J connectivity index is 2.03. The molecule has 5 heteroatoms. The molecule has 164 valence electrons. The van der Waals surface area contributed by atoms with Crippen LogP contribution in [0.2, 0.25) is 0 Å². The topological polar surface area (TPSA) is 65.0 Å². The minimum atomic E-state index is -0.880. The monoisotopic (exact) mass is 414 g/mol. The Morgan fingerprint density at radius 3 is 1.97 bits per heavy atom. The van der Waals surface area contributed by atoms with Crippen molar-refractivity contribution in [1.82, 2.24) is 0 Å². The first-order valence-corrected chi connectivity index (χ1v) is 10.5. The molecule has 0 saturated carbocycles. The van der Waals surface area contributed by atoms with Gasteiger partial charge in [-0.25, -0.2) is 0 Å². The molecule has 5 nitrogen and oxygen atoms in total. The fraction of sp³-hybridized carbons (Fsp3) is 0.480. The maximum atomic E-state index is 11.9. The van der Waals surface area contributed by atoms with Gasteiger partial charge in [-0.3, -0.25) is 4.79 Å². The van der Waals surface area contributed by atoms with Gasteiger partial charge >= 0.3 is 5.97 Å². The van der Waals surface area contributed by atoms with Crippen LogP contribution in [-0.2, 0) is 32.2 Å². The highest BCUT2D eigenvalue weighted by atomic mass is 16.5. The van der Waals surface area contributed by atoms with Crippen molar-refractivity contribution in [3.8, 4) is 0 Å². The summed E-state index contributed by atoms with van der Waals surface area (Å²) < 4.78 is 17.0. The summed E-state index contributed by atoms with van der Waals surface area (Å²) in [4.78, 5) is 11.9. The van der Waals surface area contributed by atoms with Crippen molar-refractivity contribution in [1.29, 1.82) is 0 Å². The lowest BCUT2D eigenvalue weighted by Gasteiger charge is -2.34. The number of hydrogen-bond donors (Lipinski definition) is 1. The standard InChI is InChI=1S/C25H34O5/c1-18(15-29-16-21-11-7-5-8-12-21)24(30-17-22-13-9-6-10-14-22)19(2)23(26)20(3)25(27)28-4/h5-14,18-20,23-24,26H,15-17H2,1-4H3/t18-,19-,20-,23+,24-/m0/s1. The molecule has 0 unspecified atom stereocenters. The summed E-state index contributed by atoms with van der Waals surface area (Å²) in [5.74, 6) is -1.32. The quantitative estimate of drug-likeness (QED) is 0.527. The Kier molecular flexibility index (Phi) is 10.0. The summed E-state index contributed by atoms with van der Waals surface area (Å²) in [7, 11) is 1.33. The van der Waals surface area contributed by atoms with E-state index in [2.05, 4.69) is 0 Å². The lowest BCUT2D eigenvalue weighted by atomic mass is 9.84. The highest BCUT2D eigenvalue weighted by molar-refractivity contribution is 5.72. The van der Waals surface area contributed by atoms with E-state index >= 15 is 0 Å².